The Morgan fingerprint density at radius 3 is 1.28 bits per heavy atom. The first-order valence-corrected chi connectivity index (χ1v) is 41.9. The zero-order valence-electron chi connectivity index (χ0n) is 66.8. The number of unbranched alkanes of at least 4 members (excludes halogenated alkanes) is 13. The van der Waals surface area contributed by atoms with Gasteiger partial charge in [0.1, 0.15) is 0 Å². The molecule has 0 aromatic carbocycles. The fourth-order valence-corrected chi connectivity index (χ4v) is 21.7. The Morgan fingerprint density at radius 2 is 0.840 bits per heavy atom. The zero-order valence-corrected chi connectivity index (χ0v) is 67.8. The van der Waals surface area contributed by atoms with Gasteiger partial charge in [-0.25, -0.2) is 0 Å². The van der Waals surface area contributed by atoms with Gasteiger partial charge >= 0.3 is 29.6 Å². The number of ether oxygens (including phenoxy) is 5. The summed E-state index contributed by atoms with van der Waals surface area (Å²) in [5.74, 6) is 11.1. The number of hydrogen-bond donors (Lipinski definition) is 1. The molecule has 0 radical (unpaired) electrons. The van der Waals surface area contributed by atoms with Crippen molar-refractivity contribution < 1.29 is 59.8 Å². The SMILES string of the molecule is CCCCCCCCOC[C@@H](O)CC.CCCCCCCCOC[C@H](CC)OCCCCO[C@H]1CC[C@@]2(C)C(=CCC3C2CC[C@@]2(C)C3CC[C@@H]2[C@H](C)CCCC(C)C)C1.CCCCCO[C@H]1CC[C@@]2(C)C(=CCC3C2CC[C@@]2(C)C3CC[C@@H]2[C@H](C)CCCC(C)C)C1.[H-].[Na+]. The maximum Gasteiger partial charge on any atom is 1.00 e. The van der Waals surface area contributed by atoms with Crippen LogP contribution in [0, 0.1) is 92.7 Å². The molecule has 6 fully saturated rings. The third-order valence-electron chi connectivity index (χ3n) is 27.7. The Labute approximate surface area is 609 Å². The van der Waals surface area contributed by atoms with E-state index in [4.69, 9.17) is 23.7 Å². The number of allylic oxidation sites excluding steroid dienone is 2. The van der Waals surface area contributed by atoms with Crippen LogP contribution in [0.4, 0.5) is 0 Å². The number of aliphatic hydroxyl groups excluding tert-OH is 1. The standard InChI is InChI=1S/C43H78O3.C32H56O.C12H26O2.Na.H/c1-8-10-11-12-13-14-28-44-32-36(9-2)45-29-15-16-30-46-37-24-26-42(6)35(31-37)20-21-38-40-23-22-39(34(5)19-17-18-33(3)4)43(40,7)27-25-41(38)42;1-7-8-9-21-33-26-17-19-31(5)25(22-26)13-14-27-29-16-15-28(24(4)12-10-11-23(2)3)32(29,6)20-18-30(27)31;1-3-5-6-7-8-9-10-14-11-12(13)4-2;;/h20,33-34,36-41H,8-19,21-32H2,1-7H3;13,23-24,26-30H,7-12,14-22H2,1-6H3;12-13H,3-11H2,1-2H3;;/q;;;+1;-1/t34-,36+,37+,38?,39-,40?,41?,42+,43-;24-,26+,27?,28-,29?,30?,31+,32-;12-;;/m110../s1. The maximum absolute atomic E-state index is 9.21. The summed E-state index contributed by atoms with van der Waals surface area (Å²) < 4.78 is 30.3. The van der Waals surface area contributed by atoms with Crippen LogP contribution in [0.15, 0.2) is 23.3 Å². The van der Waals surface area contributed by atoms with E-state index in [-0.39, 0.29) is 43.2 Å². The van der Waals surface area contributed by atoms with Crippen molar-refractivity contribution in [3.8, 4) is 0 Å². The van der Waals surface area contributed by atoms with Gasteiger partial charge in [0.15, 0.2) is 0 Å². The fraction of sp³-hybridized carbons (Fsp3) is 0.954. The minimum atomic E-state index is -0.268. The average molecular weight is 1330 g/mol. The summed E-state index contributed by atoms with van der Waals surface area (Å²) in [6, 6.07) is 0. The van der Waals surface area contributed by atoms with Gasteiger partial charge in [-0.15, -0.1) is 0 Å². The Kier molecular flexibility index (Phi) is 40.4. The van der Waals surface area contributed by atoms with Gasteiger partial charge in [-0.3, -0.25) is 0 Å². The van der Waals surface area contributed by atoms with Crippen molar-refractivity contribution in [2.24, 2.45) is 92.7 Å². The van der Waals surface area contributed by atoms with Crippen LogP contribution < -0.4 is 29.6 Å². The smallest absolute Gasteiger partial charge is 1.00 e. The average Bonchev–Trinajstić information content (AvgIpc) is 1.70. The summed E-state index contributed by atoms with van der Waals surface area (Å²) in [5, 5.41) is 9.21. The second kappa shape index (κ2) is 44.7. The maximum atomic E-state index is 9.21. The fourth-order valence-electron chi connectivity index (χ4n) is 21.7. The zero-order chi connectivity index (χ0) is 67.3. The van der Waals surface area contributed by atoms with Crippen LogP contribution in [0.3, 0.4) is 0 Å². The first-order valence-electron chi connectivity index (χ1n) is 41.9. The van der Waals surface area contributed by atoms with E-state index in [9.17, 15) is 5.11 Å². The molecule has 0 aromatic rings. The van der Waals surface area contributed by atoms with Crippen LogP contribution in [-0.4, -0.2) is 75.8 Å². The van der Waals surface area contributed by atoms with Crippen LogP contribution in [0.5, 0.6) is 0 Å². The summed E-state index contributed by atoms with van der Waals surface area (Å²) in [6.07, 6.45) is 60.8. The van der Waals surface area contributed by atoms with E-state index in [1.165, 1.54) is 231 Å². The summed E-state index contributed by atoms with van der Waals surface area (Å²) in [7, 11) is 0. The molecule has 6 unspecified atom stereocenters. The first kappa shape index (κ1) is 84.9. The molecule has 8 aliphatic rings. The van der Waals surface area contributed by atoms with Crippen LogP contribution in [-0.2, 0) is 23.7 Å². The number of rotatable bonds is 42. The van der Waals surface area contributed by atoms with Gasteiger partial charge in [0.25, 0.3) is 0 Å². The summed E-state index contributed by atoms with van der Waals surface area (Å²) in [6.45, 7) is 42.1. The molecule has 1 N–H and O–H groups in total. The number of hydrogen-bond acceptors (Lipinski definition) is 6. The van der Waals surface area contributed by atoms with Crippen LogP contribution in [0.2, 0.25) is 0 Å². The van der Waals surface area contributed by atoms with Crippen molar-refractivity contribution in [3.63, 3.8) is 0 Å². The monoisotopic (exact) mass is 1330 g/mol. The Balaban J connectivity index is 0.000000341. The van der Waals surface area contributed by atoms with Gasteiger partial charge < -0.3 is 30.2 Å². The van der Waals surface area contributed by atoms with E-state index in [2.05, 4.69) is 109 Å². The summed E-state index contributed by atoms with van der Waals surface area (Å²) in [5.41, 5.74) is 5.64. The van der Waals surface area contributed by atoms with E-state index >= 15 is 0 Å². The van der Waals surface area contributed by atoms with Gasteiger partial charge in [0.2, 0.25) is 0 Å². The topological polar surface area (TPSA) is 66.4 Å². The third kappa shape index (κ3) is 25.0. The number of fused-ring (bicyclic) bond motifs is 10. The van der Waals surface area contributed by atoms with Crippen molar-refractivity contribution in [1.29, 1.82) is 0 Å². The van der Waals surface area contributed by atoms with Crippen LogP contribution in [0.25, 0.3) is 0 Å². The van der Waals surface area contributed by atoms with Gasteiger partial charge in [-0.05, 0) is 240 Å². The molecule has 0 aromatic heterocycles. The third-order valence-corrected chi connectivity index (χ3v) is 27.7. The molecule has 0 aliphatic heterocycles. The van der Waals surface area contributed by atoms with Gasteiger partial charge in [-0.1, -0.05) is 243 Å². The van der Waals surface area contributed by atoms with Gasteiger partial charge in [0, 0.05) is 33.0 Å². The van der Waals surface area contributed by atoms with Crippen molar-refractivity contribution >= 4 is 0 Å². The summed E-state index contributed by atoms with van der Waals surface area (Å²) >= 11 is 0. The first-order chi connectivity index (χ1) is 44.8. The van der Waals surface area contributed by atoms with E-state index < -0.39 is 0 Å². The van der Waals surface area contributed by atoms with Gasteiger partial charge in [-0.2, -0.15) is 0 Å². The molecule has 6 nitrogen and oxygen atoms in total. The van der Waals surface area contributed by atoms with E-state index in [0.29, 0.717) is 40.5 Å². The normalized spacial score (nSPS) is 33.0. The second-order valence-electron chi connectivity index (χ2n) is 35.1. The molecule has 546 valence electrons. The molecule has 0 heterocycles. The van der Waals surface area contributed by atoms with Crippen LogP contribution >= 0.6 is 0 Å². The predicted molar refractivity (Wildman–Crippen MR) is 400 cm³/mol. The second-order valence-corrected chi connectivity index (χ2v) is 35.1. The van der Waals surface area contributed by atoms with Crippen molar-refractivity contribution in [2.45, 2.75) is 392 Å². The molecule has 8 rings (SSSR count). The minimum Gasteiger partial charge on any atom is -1.00 e. The molecule has 94 heavy (non-hydrogen) atoms. The molecular weight excluding hydrogens is 1160 g/mol. The molecule has 0 spiro atoms. The molecule has 0 saturated heterocycles. The quantitative estimate of drug-likeness (QED) is 0.0373. The Bertz CT molecular complexity index is 2050. The molecule has 8 aliphatic carbocycles. The van der Waals surface area contributed by atoms with Gasteiger partial charge in [0.05, 0.1) is 37.6 Å². The number of aliphatic hydroxyl groups is 1. The van der Waals surface area contributed by atoms with E-state index in [1.54, 1.807) is 11.1 Å². The van der Waals surface area contributed by atoms with Crippen LogP contribution in [0.1, 0.15) is 369 Å². The van der Waals surface area contributed by atoms with E-state index in [0.717, 1.165) is 143 Å². The molecule has 18 atom stereocenters. The molecule has 0 amide bonds. The van der Waals surface area contributed by atoms with Crippen molar-refractivity contribution in [2.75, 3.05) is 46.2 Å². The van der Waals surface area contributed by atoms with Crippen molar-refractivity contribution in [1.82, 2.24) is 0 Å². The Hall–Kier alpha value is 0.240. The Morgan fingerprint density at radius 1 is 0.436 bits per heavy atom. The van der Waals surface area contributed by atoms with E-state index in [1.807, 2.05) is 6.92 Å². The molecular formula is C87H161NaO6. The minimum absolute atomic E-state index is 0. The predicted octanol–water partition coefficient (Wildman–Crippen LogP) is 22.2. The summed E-state index contributed by atoms with van der Waals surface area (Å²) in [4.78, 5) is 0. The largest absolute Gasteiger partial charge is 1.00 e. The molecule has 6 saturated carbocycles. The molecule has 7 heteroatoms. The van der Waals surface area contributed by atoms with Crippen molar-refractivity contribution in [3.05, 3.63) is 23.3 Å². The molecule has 0 bridgehead atoms.